The minimum Gasteiger partial charge on any atom is -0.336 e. The van der Waals surface area contributed by atoms with Gasteiger partial charge >= 0.3 is 12.4 Å². The fourth-order valence-corrected chi connectivity index (χ4v) is 3.42. The van der Waals surface area contributed by atoms with Crippen LogP contribution < -0.4 is 5.32 Å². The van der Waals surface area contributed by atoms with Crippen molar-refractivity contribution in [3.63, 3.8) is 0 Å². The second-order valence-corrected chi connectivity index (χ2v) is 6.14. The third-order valence-electron chi connectivity index (χ3n) is 4.53. The first kappa shape index (κ1) is 16.4. The lowest BCUT2D eigenvalue weighted by atomic mass is 9.84. The first-order valence-corrected chi connectivity index (χ1v) is 6.52. The van der Waals surface area contributed by atoms with Crippen LogP contribution in [0.3, 0.4) is 0 Å². The van der Waals surface area contributed by atoms with Crippen LogP contribution in [0, 0.1) is 17.8 Å². The highest BCUT2D eigenvalue weighted by Crippen LogP contribution is 2.46. The summed E-state index contributed by atoms with van der Waals surface area (Å²) in [5.41, 5.74) is -1.03. The van der Waals surface area contributed by atoms with Gasteiger partial charge in [-0.15, -0.1) is 0 Å². The highest BCUT2D eigenvalue weighted by atomic mass is 19.4. The smallest absolute Gasteiger partial charge is 0.336 e. The van der Waals surface area contributed by atoms with Gasteiger partial charge in [-0.3, -0.25) is 4.79 Å². The van der Waals surface area contributed by atoms with E-state index in [9.17, 15) is 31.1 Å². The number of nitrogens with one attached hydrogen (secondary N) is 1. The number of alkyl halides is 6. The Kier molecular flexibility index (Phi) is 3.71. The van der Waals surface area contributed by atoms with Gasteiger partial charge in [-0.25, -0.2) is 0 Å². The van der Waals surface area contributed by atoms with Gasteiger partial charge in [-0.2, -0.15) is 26.3 Å². The predicted molar refractivity (Wildman–Crippen MR) is 61.2 cm³/mol. The first-order valence-electron chi connectivity index (χ1n) is 6.52. The van der Waals surface area contributed by atoms with Crippen molar-refractivity contribution in [2.75, 3.05) is 19.6 Å². The minimum atomic E-state index is -5.64. The average Bonchev–Trinajstić information content (AvgIpc) is 2.76. The summed E-state index contributed by atoms with van der Waals surface area (Å²) in [6.45, 7) is 3.95. The van der Waals surface area contributed by atoms with E-state index in [1.165, 1.54) is 13.8 Å². The lowest BCUT2D eigenvalue weighted by Crippen LogP contribution is -2.55. The van der Waals surface area contributed by atoms with Gasteiger partial charge in [0.05, 0.1) is 0 Å². The Morgan fingerprint density at radius 2 is 1.67 bits per heavy atom. The summed E-state index contributed by atoms with van der Waals surface area (Å²) in [6.07, 6.45) is -11.3. The van der Waals surface area contributed by atoms with Gasteiger partial charge in [-0.05, 0) is 25.7 Å². The van der Waals surface area contributed by atoms with Crippen LogP contribution in [0.5, 0.6) is 0 Å². The van der Waals surface area contributed by atoms with Crippen molar-refractivity contribution in [2.24, 2.45) is 17.8 Å². The van der Waals surface area contributed by atoms with Crippen LogP contribution in [0.1, 0.15) is 13.8 Å². The maximum atomic E-state index is 12.7. The Balaban J connectivity index is 2.30. The Bertz CT molecular complexity index is 416. The van der Waals surface area contributed by atoms with Crippen molar-refractivity contribution >= 4 is 5.91 Å². The minimum absolute atomic E-state index is 0.0772. The molecule has 2 aliphatic rings. The Morgan fingerprint density at radius 1 is 1.14 bits per heavy atom. The Hall–Kier alpha value is -0.990. The molecule has 122 valence electrons. The standard InChI is InChI=1S/C12H16F6N2O/c1-10(2)7-4-19-3-6(7)5-20(10)9(21)8(11(13,14)15)12(16,17)18/h6-8,19H,3-5H2,1-2H3. The van der Waals surface area contributed by atoms with E-state index in [4.69, 9.17) is 0 Å². The topological polar surface area (TPSA) is 32.3 Å². The number of halogens is 6. The number of likely N-dealkylation sites (tertiary alicyclic amines) is 1. The lowest BCUT2D eigenvalue weighted by Gasteiger charge is -2.38. The molecule has 2 rings (SSSR count). The van der Waals surface area contributed by atoms with Gasteiger partial charge in [0.2, 0.25) is 11.8 Å². The van der Waals surface area contributed by atoms with E-state index in [1.807, 2.05) is 0 Å². The quantitative estimate of drug-likeness (QED) is 0.752. The lowest BCUT2D eigenvalue weighted by molar-refractivity contribution is -0.278. The van der Waals surface area contributed by atoms with Crippen molar-refractivity contribution in [1.29, 1.82) is 0 Å². The van der Waals surface area contributed by atoms with Gasteiger partial charge in [0, 0.05) is 25.2 Å². The molecular formula is C12H16F6N2O. The number of hydrogen-bond donors (Lipinski definition) is 1. The van der Waals surface area contributed by atoms with Gasteiger partial charge in [0.25, 0.3) is 0 Å². The number of carbonyl (C=O) groups excluding carboxylic acids is 1. The van der Waals surface area contributed by atoms with Crippen LogP contribution in [0.25, 0.3) is 0 Å². The molecule has 1 N–H and O–H groups in total. The summed E-state index contributed by atoms with van der Waals surface area (Å²) in [6, 6.07) is 0. The molecule has 0 aliphatic carbocycles. The number of rotatable bonds is 1. The van der Waals surface area contributed by atoms with Crippen LogP contribution in [-0.4, -0.2) is 48.3 Å². The van der Waals surface area contributed by atoms with Gasteiger partial charge < -0.3 is 10.2 Å². The molecule has 2 unspecified atom stereocenters. The first-order chi connectivity index (χ1) is 9.37. The molecule has 2 atom stereocenters. The molecule has 0 bridgehead atoms. The summed E-state index contributed by atoms with van der Waals surface area (Å²) < 4.78 is 76.1. The van der Waals surface area contributed by atoms with E-state index < -0.39 is 29.7 Å². The molecule has 0 aromatic carbocycles. The zero-order chi connectivity index (χ0) is 16.2. The highest BCUT2D eigenvalue weighted by Gasteiger charge is 2.64. The fourth-order valence-electron chi connectivity index (χ4n) is 3.42. The van der Waals surface area contributed by atoms with E-state index >= 15 is 0 Å². The average molecular weight is 318 g/mol. The molecule has 3 nitrogen and oxygen atoms in total. The molecule has 0 saturated carbocycles. The van der Waals surface area contributed by atoms with Crippen molar-refractivity contribution in [2.45, 2.75) is 31.7 Å². The number of amides is 1. The molecular weight excluding hydrogens is 302 g/mol. The SMILES string of the molecule is CC1(C)C2CNCC2CN1C(=O)C(C(F)(F)F)C(F)(F)F. The second kappa shape index (κ2) is 4.76. The molecule has 0 radical (unpaired) electrons. The molecule has 2 saturated heterocycles. The molecule has 0 aromatic heterocycles. The number of fused-ring (bicyclic) bond motifs is 1. The summed E-state index contributed by atoms with van der Waals surface area (Å²) in [4.78, 5) is 12.7. The molecule has 0 aromatic rings. The maximum absolute atomic E-state index is 12.7. The number of hydrogen-bond acceptors (Lipinski definition) is 2. The van der Waals surface area contributed by atoms with Crippen LogP contribution in [-0.2, 0) is 4.79 Å². The van der Waals surface area contributed by atoms with E-state index in [-0.39, 0.29) is 18.4 Å². The number of carbonyl (C=O) groups is 1. The molecule has 1 amide bonds. The summed E-state index contributed by atoms with van der Waals surface area (Å²) in [7, 11) is 0. The fraction of sp³-hybridized carbons (Fsp3) is 0.917. The molecule has 2 aliphatic heterocycles. The van der Waals surface area contributed by atoms with Gasteiger partial charge in [-0.1, -0.05) is 0 Å². The second-order valence-electron chi connectivity index (χ2n) is 6.14. The number of nitrogens with zero attached hydrogens (tertiary/aromatic N) is 1. The van der Waals surface area contributed by atoms with Crippen molar-refractivity contribution in [1.82, 2.24) is 10.2 Å². The molecule has 2 fully saturated rings. The summed E-state index contributed by atoms with van der Waals surface area (Å²) >= 11 is 0. The summed E-state index contributed by atoms with van der Waals surface area (Å²) in [5, 5.41) is 3.05. The Labute approximate surface area is 117 Å². The normalized spacial score (nSPS) is 29.1. The molecule has 0 spiro atoms. The largest absolute Gasteiger partial charge is 0.409 e. The predicted octanol–water partition coefficient (Wildman–Crippen LogP) is 2.18. The van der Waals surface area contributed by atoms with Crippen molar-refractivity contribution in [3.8, 4) is 0 Å². The van der Waals surface area contributed by atoms with Crippen molar-refractivity contribution in [3.05, 3.63) is 0 Å². The van der Waals surface area contributed by atoms with E-state index in [0.717, 1.165) is 4.90 Å². The van der Waals surface area contributed by atoms with Crippen LogP contribution >= 0.6 is 0 Å². The van der Waals surface area contributed by atoms with E-state index in [0.29, 0.717) is 13.1 Å². The zero-order valence-electron chi connectivity index (χ0n) is 11.5. The molecule has 21 heavy (non-hydrogen) atoms. The van der Waals surface area contributed by atoms with E-state index in [2.05, 4.69) is 5.32 Å². The third kappa shape index (κ3) is 2.72. The van der Waals surface area contributed by atoms with Gasteiger partial charge in [0.1, 0.15) is 0 Å². The summed E-state index contributed by atoms with van der Waals surface area (Å²) in [5.74, 6) is -6.08. The van der Waals surface area contributed by atoms with Crippen LogP contribution in [0.4, 0.5) is 26.3 Å². The van der Waals surface area contributed by atoms with Crippen LogP contribution in [0.2, 0.25) is 0 Å². The van der Waals surface area contributed by atoms with Crippen molar-refractivity contribution < 1.29 is 31.1 Å². The maximum Gasteiger partial charge on any atom is 0.409 e. The third-order valence-corrected chi connectivity index (χ3v) is 4.53. The highest BCUT2D eigenvalue weighted by molar-refractivity contribution is 5.81. The zero-order valence-corrected chi connectivity index (χ0v) is 11.5. The monoisotopic (exact) mass is 318 g/mol. The molecule has 9 heteroatoms. The molecule has 2 heterocycles. The van der Waals surface area contributed by atoms with E-state index in [1.54, 1.807) is 0 Å². The Morgan fingerprint density at radius 3 is 2.10 bits per heavy atom. The van der Waals surface area contributed by atoms with Gasteiger partial charge in [0.15, 0.2) is 0 Å². The van der Waals surface area contributed by atoms with Crippen LogP contribution in [0.15, 0.2) is 0 Å².